The summed E-state index contributed by atoms with van der Waals surface area (Å²) in [6.07, 6.45) is -0.773. The normalized spacial score (nSPS) is 11.7. The van der Waals surface area contributed by atoms with Crippen molar-refractivity contribution in [1.82, 2.24) is 0 Å². The number of ketones is 1. The van der Waals surface area contributed by atoms with Gasteiger partial charge in [-0.3, -0.25) is 4.79 Å². The summed E-state index contributed by atoms with van der Waals surface area (Å²) >= 11 is 0. The Hall–Kier alpha value is -2.33. The van der Waals surface area contributed by atoms with E-state index in [-0.39, 0.29) is 19.0 Å². The standard InChI is InChI=1S/C17H18O4/c1-13(18)16-9-5-6-10-17(16)21-12-14(19)11-20-15-7-3-2-4-8-15/h2-10,14,19H,11-12H2,1H3. The van der Waals surface area contributed by atoms with Crippen LogP contribution in [0, 0.1) is 0 Å². The molecule has 0 aliphatic heterocycles. The minimum Gasteiger partial charge on any atom is -0.491 e. The third-order valence-electron chi connectivity index (χ3n) is 2.88. The molecule has 0 bridgehead atoms. The van der Waals surface area contributed by atoms with Crippen molar-refractivity contribution < 1.29 is 19.4 Å². The average molecular weight is 286 g/mol. The molecule has 0 aliphatic rings. The third-order valence-corrected chi connectivity index (χ3v) is 2.88. The van der Waals surface area contributed by atoms with Crippen LogP contribution in [-0.4, -0.2) is 30.2 Å². The molecular weight excluding hydrogens is 268 g/mol. The highest BCUT2D eigenvalue weighted by Gasteiger charge is 2.11. The number of hydrogen-bond acceptors (Lipinski definition) is 4. The van der Waals surface area contributed by atoms with Crippen molar-refractivity contribution in [3.63, 3.8) is 0 Å². The van der Waals surface area contributed by atoms with E-state index in [1.165, 1.54) is 6.92 Å². The Bertz CT molecular complexity index is 580. The first-order chi connectivity index (χ1) is 10.2. The van der Waals surface area contributed by atoms with E-state index in [1.807, 2.05) is 30.3 Å². The van der Waals surface area contributed by atoms with Crippen molar-refractivity contribution in [2.75, 3.05) is 13.2 Å². The van der Waals surface area contributed by atoms with Crippen molar-refractivity contribution in [2.24, 2.45) is 0 Å². The molecule has 110 valence electrons. The Morgan fingerprint density at radius 2 is 1.62 bits per heavy atom. The molecule has 0 heterocycles. The van der Waals surface area contributed by atoms with Crippen LogP contribution in [0.4, 0.5) is 0 Å². The van der Waals surface area contributed by atoms with Gasteiger partial charge in [-0.15, -0.1) is 0 Å². The van der Waals surface area contributed by atoms with E-state index in [1.54, 1.807) is 24.3 Å². The zero-order chi connectivity index (χ0) is 15.1. The van der Waals surface area contributed by atoms with Crippen LogP contribution in [0.25, 0.3) is 0 Å². The Kier molecular flexibility index (Phi) is 5.35. The van der Waals surface area contributed by atoms with Gasteiger partial charge in [-0.2, -0.15) is 0 Å². The van der Waals surface area contributed by atoms with Crippen molar-refractivity contribution in [1.29, 1.82) is 0 Å². The van der Waals surface area contributed by atoms with Crippen molar-refractivity contribution >= 4 is 5.78 Å². The second-order valence-corrected chi connectivity index (χ2v) is 4.64. The van der Waals surface area contributed by atoms with Gasteiger partial charge in [0.15, 0.2) is 5.78 Å². The van der Waals surface area contributed by atoms with Crippen LogP contribution in [0.5, 0.6) is 11.5 Å². The van der Waals surface area contributed by atoms with Gasteiger partial charge in [0, 0.05) is 0 Å². The number of hydrogen-bond donors (Lipinski definition) is 1. The van der Waals surface area contributed by atoms with Crippen LogP contribution in [0.2, 0.25) is 0 Å². The topological polar surface area (TPSA) is 55.8 Å². The minimum absolute atomic E-state index is 0.0666. The lowest BCUT2D eigenvalue weighted by Crippen LogP contribution is -2.25. The van der Waals surface area contributed by atoms with E-state index in [2.05, 4.69) is 0 Å². The second-order valence-electron chi connectivity index (χ2n) is 4.64. The highest BCUT2D eigenvalue weighted by Crippen LogP contribution is 2.18. The predicted octanol–water partition coefficient (Wildman–Crippen LogP) is 2.71. The van der Waals surface area contributed by atoms with Crippen LogP contribution in [0.15, 0.2) is 54.6 Å². The van der Waals surface area contributed by atoms with Crippen LogP contribution in [0.3, 0.4) is 0 Å². The molecule has 1 atom stereocenters. The Balaban J connectivity index is 1.84. The van der Waals surface area contributed by atoms with Gasteiger partial charge in [-0.1, -0.05) is 30.3 Å². The van der Waals surface area contributed by atoms with Crippen molar-refractivity contribution in [3.8, 4) is 11.5 Å². The molecule has 0 saturated heterocycles. The molecule has 4 nitrogen and oxygen atoms in total. The zero-order valence-corrected chi connectivity index (χ0v) is 11.9. The van der Waals surface area contributed by atoms with Gasteiger partial charge in [0.05, 0.1) is 5.56 Å². The Morgan fingerprint density at radius 3 is 2.33 bits per heavy atom. The number of benzene rings is 2. The number of carbonyl (C=O) groups is 1. The number of Topliss-reactive ketones (excluding diaryl/α,β-unsaturated/α-hetero) is 1. The van der Waals surface area contributed by atoms with E-state index in [9.17, 15) is 9.90 Å². The number of para-hydroxylation sites is 2. The summed E-state index contributed by atoms with van der Waals surface area (Å²) < 4.78 is 10.9. The van der Waals surface area contributed by atoms with Crippen LogP contribution in [-0.2, 0) is 0 Å². The number of aliphatic hydroxyl groups excluding tert-OH is 1. The van der Waals surface area contributed by atoms with Gasteiger partial charge in [-0.25, -0.2) is 0 Å². The number of aliphatic hydroxyl groups is 1. The SMILES string of the molecule is CC(=O)c1ccccc1OCC(O)COc1ccccc1. The van der Waals surface area contributed by atoms with E-state index in [0.29, 0.717) is 17.1 Å². The van der Waals surface area contributed by atoms with Gasteiger partial charge in [0.25, 0.3) is 0 Å². The first kappa shape index (κ1) is 15.1. The Labute approximate surface area is 123 Å². The van der Waals surface area contributed by atoms with Crippen LogP contribution >= 0.6 is 0 Å². The van der Waals surface area contributed by atoms with Gasteiger partial charge >= 0.3 is 0 Å². The van der Waals surface area contributed by atoms with E-state index >= 15 is 0 Å². The fourth-order valence-electron chi connectivity index (χ4n) is 1.83. The van der Waals surface area contributed by atoms with Crippen molar-refractivity contribution in [2.45, 2.75) is 13.0 Å². The first-order valence-electron chi connectivity index (χ1n) is 6.75. The quantitative estimate of drug-likeness (QED) is 0.795. The van der Waals surface area contributed by atoms with E-state index in [4.69, 9.17) is 9.47 Å². The molecule has 2 aromatic carbocycles. The monoisotopic (exact) mass is 286 g/mol. The number of carbonyl (C=O) groups excluding carboxylic acids is 1. The highest BCUT2D eigenvalue weighted by atomic mass is 16.5. The molecule has 1 unspecified atom stereocenters. The molecule has 21 heavy (non-hydrogen) atoms. The lowest BCUT2D eigenvalue weighted by atomic mass is 10.1. The summed E-state index contributed by atoms with van der Waals surface area (Å²) in [4.78, 5) is 11.5. The minimum atomic E-state index is -0.773. The highest BCUT2D eigenvalue weighted by molar-refractivity contribution is 5.96. The summed E-state index contributed by atoms with van der Waals surface area (Å²) in [6.45, 7) is 1.68. The molecule has 0 aliphatic carbocycles. The van der Waals surface area contributed by atoms with Crippen LogP contribution < -0.4 is 9.47 Å². The average Bonchev–Trinajstić information content (AvgIpc) is 2.52. The Morgan fingerprint density at radius 1 is 1.00 bits per heavy atom. The largest absolute Gasteiger partial charge is 0.491 e. The lowest BCUT2D eigenvalue weighted by Gasteiger charge is -2.15. The number of rotatable bonds is 7. The molecule has 1 N–H and O–H groups in total. The van der Waals surface area contributed by atoms with Crippen molar-refractivity contribution in [3.05, 3.63) is 60.2 Å². The van der Waals surface area contributed by atoms with Gasteiger partial charge in [0.2, 0.25) is 0 Å². The fourth-order valence-corrected chi connectivity index (χ4v) is 1.83. The second kappa shape index (κ2) is 7.45. The van der Waals surface area contributed by atoms with E-state index in [0.717, 1.165) is 0 Å². The molecule has 2 rings (SSSR count). The zero-order valence-electron chi connectivity index (χ0n) is 11.9. The summed E-state index contributed by atoms with van der Waals surface area (Å²) in [5.41, 5.74) is 0.508. The maximum atomic E-state index is 11.5. The summed E-state index contributed by atoms with van der Waals surface area (Å²) in [6, 6.07) is 16.2. The summed E-state index contributed by atoms with van der Waals surface area (Å²) in [5, 5.41) is 9.87. The lowest BCUT2D eigenvalue weighted by molar-refractivity contribution is 0.0620. The predicted molar refractivity (Wildman–Crippen MR) is 79.9 cm³/mol. The smallest absolute Gasteiger partial charge is 0.163 e. The molecule has 0 saturated carbocycles. The number of ether oxygens (including phenoxy) is 2. The molecule has 0 radical (unpaired) electrons. The molecule has 2 aromatic rings. The van der Waals surface area contributed by atoms with E-state index < -0.39 is 6.10 Å². The summed E-state index contributed by atoms with van der Waals surface area (Å²) in [7, 11) is 0. The maximum Gasteiger partial charge on any atom is 0.163 e. The van der Waals surface area contributed by atoms with Gasteiger partial charge in [0.1, 0.15) is 30.8 Å². The molecule has 0 spiro atoms. The molecule has 4 heteroatoms. The van der Waals surface area contributed by atoms with Gasteiger partial charge < -0.3 is 14.6 Å². The third kappa shape index (κ3) is 4.61. The molecule has 0 amide bonds. The first-order valence-corrected chi connectivity index (χ1v) is 6.75. The maximum absolute atomic E-state index is 11.5. The molecular formula is C17H18O4. The van der Waals surface area contributed by atoms with Gasteiger partial charge in [-0.05, 0) is 31.2 Å². The van der Waals surface area contributed by atoms with Crippen LogP contribution in [0.1, 0.15) is 17.3 Å². The fraction of sp³-hybridized carbons (Fsp3) is 0.235. The molecule has 0 aromatic heterocycles. The molecule has 0 fully saturated rings. The summed E-state index contributed by atoms with van der Waals surface area (Å²) in [5.74, 6) is 1.10.